The maximum atomic E-state index is 8.72. The molecule has 2 aromatic carbocycles. The van der Waals surface area contributed by atoms with Crippen molar-refractivity contribution in [2.45, 2.75) is 12.8 Å². The van der Waals surface area contributed by atoms with Gasteiger partial charge in [0.25, 0.3) is 0 Å². The second-order valence-electron chi connectivity index (χ2n) is 4.89. The Hall–Kier alpha value is -2.73. The van der Waals surface area contributed by atoms with Crippen molar-refractivity contribution < 1.29 is 6.11 Å². The van der Waals surface area contributed by atoms with Crippen LogP contribution in [0.1, 0.15) is 12.5 Å². The number of hydrogen-bond donors (Lipinski definition) is 1. The van der Waals surface area contributed by atoms with Gasteiger partial charge in [0, 0.05) is 18.1 Å². The minimum absolute atomic E-state index is 0.396. The van der Waals surface area contributed by atoms with Crippen LogP contribution in [0, 0.1) is 11.3 Å². The van der Waals surface area contributed by atoms with E-state index < -0.39 is 0 Å². The molecule has 0 atom stereocenters. The van der Waals surface area contributed by atoms with E-state index in [2.05, 4.69) is 11.1 Å². The molecule has 1 N–H and O–H groups in total. The fraction of sp³-hybridized carbons (Fsp3) is 0.167. The van der Waals surface area contributed by atoms with Crippen molar-refractivity contribution in [2.24, 2.45) is 0 Å². The molecule has 0 saturated carbocycles. The number of aromatic amines is 1. The van der Waals surface area contributed by atoms with Gasteiger partial charge in [-0.05, 0) is 46.8 Å². The van der Waals surface area contributed by atoms with Crippen LogP contribution in [-0.2, 0) is 12.8 Å². The maximum Gasteiger partial charge on any atom is 0.119 e. The Labute approximate surface area is 125 Å². The van der Waals surface area contributed by atoms with Crippen molar-refractivity contribution in [1.29, 1.82) is 5.26 Å². The quantitative estimate of drug-likeness (QED) is 0.770. The number of hydrogen-bond acceptors (Lipinski definition) is 2. The topological polar surface area (TPSA) is 48.8 Å². The Bertz CT molecular complexity index is 832. The summed E-state index contributed by atoms with van der Waals surface area (Å²) in [5, 5.41) is 9.66. The standard InChI is InChI=1S/C18H16N2O/c19-9-6-14-2-1-3-17(13-14)21-11-8-15-4-5-18-16(12-15)7-10-20-18/h1-5,7,10,12-13,20H,6,8,11H2/i7D. The summed E-state index contributed by atoms with van der Waals surface area (Å²) in [5.74, 6) is 0.789. The third kappa shape index (κ3) is 3.24. The van der Waals surface area contributed by atoms with E-state index in [4.69, 9.17) is 11.4 Å². The third-order valence-corrected chi connectivity index (χ3v) is 3.38. The molecule has 0 spiro atoms. The zero-order chi connectivity index (χ0) is 15.4. The summed E-state index contributed by atoms with van der Waals surface area (Å²) in [7, 11) is 0. The lowest BCUT2D eigenvalue weighted by Gasteiger charge is -2.07. The molecule has 0 aliphatic heterocycles. The molecule has 1 heterocycles. The van der Waals surface area contributed by atoms with Crippen LogP contribution in [0.3, 0.4) is 0 Å². The number of nitrogens with one attached hydrogen (secondary N) is 1. The SMILES string of the molecule is [2H]c1c[nH]c2ccc(CCOc3cccc(CC#N)c3)cc12. The van der Waals surface area contributed by atoms with Crippen molar-refractivity contribution in [3.05, 3.63) is 65.8 Å². The zero-order valence-corrected chi connectivity index (χ0v) is 11.6. The molecule has 0 saturated heterocycles. The van der Waals surface area contributed by atoms with Gasteiger partial charge in [0.2, 0.25) is 0 Å². The highest BCUT2D eigenvalue weighted by molar-refractivity contribution is 5.79. The van der Waals surface area contributed by atoms with Gasteiger partial charge in [-0.25, -0.2) is 0 Å². The van der Waals surface area contributed by atoms with Crippen molar-refractivity contribution in [2.75, 3.05) is 6.61 Å². The van der Waals surface area contributed by atoms with Gasteiger partial charge in [0.05, 0.1) is 20.5 Å². The first-order valence-electron chi connectivity index (χ1n) is 7.41. The van der Waals surface area contributed by atoms with Crippen LogP contribution >= 0.6 is 0 Å². The van der Waals surface area contributed by atoms with E-state index in [1.165, 1.54) is 0 Å². The van der Waals surface area contributed by atoms with E-state index in [-0.39, 0.29) is 0 Å². The summed E-state index contributed by atoms with van der Waals surface area (Å²) in [4.78, 5) is 3.07. The molecular weight excluding hydrogens is 260 g/mol. The summed E-state index contributed by atoms with van der Waals surface area (Å²) >= 11 is 0. The summed E-state index contributed by atoms with van der Waals surface area (Å²) < 4.78 is 13.6. The number of aromatic nitrogens is 1. The smallest absolute Gasteiger partial charge is 0.119 e. The van der Waals surface area contributed by atoms with Gasteiger partial charge in [0.15, 0.2) is 0 Å². The number of nitriles is 1. The van der Waals surface area contributed by atoms with Crippen LogP contribution in [0.5, 0.6) is 5.75 Å². The number of rotatable bonds is 5. The highest BCUT2D eigenvalue weighted by atomic mass is 16.5. The molecule has 3 rings (SSSR count). The highest BCUT2D eigenvalue weighted by Gasteiger charge is 2.00. The second-order valence-corrected chi connectivity index (χ2v) is 4.89. The van der Waals surface area contributed by atoms with E-state index in [1.54, 1.807) is 6.20 Å². The highest BCUT2D eigenvalue weighted by Crippen LogP contribution is 2.16. The fourth-order valence-electron chi connectivity index (χ4n) is 2.31. The average Bonchev–Trinajstić information content (AvgIpc) is 2.89. The Morgan fingerprint density at radius 3 is 3.05 bits per heavy atom. The number of benzene rings is 2. The van der Waals surface area contributed by atoms with Crippen LogP contribution in [-0.4, -0.2) is 11.6 Å². The molecular formula is C18H16N2O. The molecule has 0 aliphatic carbocycles. The van der Waals surface area contributed by atoms with Crippen molar-refractivity contribution >= 4 is 10.9 Å². The zero-order valence-electron chi connectivity index (χ0n) is 12.6. The van der Waals surface area contributed by atoms with Gasteiger partial charge >= 0.3 is 0 Å². The Kier molecular flexibility index (Phi) is 3.53. The molecule has 0 unspecified atom stereocenters. The molecule has 0 radical (unpaired) electrons. The lowest BCUT2D eigenvalue weighted by atomic mass is 10.1. The van der Waals surface area contributed by atoms with E-state index in [9.17, 15) is 0 Å². The summed E-state index contributed by atoms with van der Waals surface area (Å²) in [6.45, 7) is 0.569. The van der Waals surface area contributed by atoms with Gasteiger partial charge < -0.3 is 9.72 Å². The van der Waals surface area contributed by atoms with E-state index in [1.807, 2.05) is 42.5 Å². The molecule has 3 aromatic rings. The van der Waals surface area contributed by atoms with Crippen molar-refractivity contribution in [1.82, 2.24) is 4.98 Å². The van der Waals surface area contributed by atoms with Gasteiger partial charge in [-0.3, -0.25) is 0 Å². The number of fused-ring (bicyclic) bond motifs is 1. The summed E-state index contributed by atoms with van der Waals surface area (Å²) in [6, 6.07) is 16.4. The first kappa shape index (κ1) is 12.0. The predicted molar refractivity (Wildman–Crippen MR) is 83.3 cm³/mol. The number of H-pyrrole nitrogens is 1. The number of ether oxygens (including phenoxy) is 1. The minimum atomic E-state index is 0.396. The van der Waals surface area contributed by atoms with Crippen LogP contribution in [0.25, 0.3) is 10.9 Å². The summed E-state index contributed by atoms with van der Waals surface area (Å²) in [5.41, 5.74) is 3.10. The first-order chi connectivity index (χ1) is 10.8. The third-order valence-electron chi connectivity index (χ3n) is 3.38. The lowest BCUT2D eigenvalue weighted by molar-refractivity contribution is 0.322. The lowest BCUT2D eigenvalue weighted by Crippen LogP contribution is -2.01. The van der Waals surface area contributed by atoms with Gasteiger partial charge in [-0.2, -0.15) is 5.26 Å². The molecule has 0 bridgehead atoms. The molecule has 0 aliphatic rings. The van der Waals surface area contributed by atoms with Crippen LogP contribution in [0.2, 0.25) is 0 Å². The van der Waals surface area contributed by atoms with Crippen LogP contribution in [0.15, 0.2) is 54.7 Å². The molecule has 21 heavy (non-hydrogen) atoms. The van der Waals surface area contributed by atoms with Gasteiger partial charge in [-0.15, -0.1) is 0 Å². The normalized spacial score (nSPS) is 11.1. The molecule has 3 nitrogen and oxygen atoms in total. The Morgan fingerprint density at radius 2 is 2.14 bits per heavy atom. The maximum absolute atomic E-state index is 8.72. The molecule has 0 amide bonds. The monoisotopic (exact) mass is 277 g/mol. The van der Waals surface area contributed by atoms with Crippen molar-refractivity contribution in [3.8, 4) is 11.8 Å². The summed E-state index contributed by atoms with van der Waals surface area (Å²) in [6.07, 6.45) is 2.88. The van der Waals surface area contributed by atoms with E-state index in [0.29, 0.717) is 19.1 Å². The molecule has 1 aromatic heterocycles. The first-order valence-corrected chi connectivity index (χ1v) is 6.91. The second kappa shape index (κ2) is 6.15. The predicted octanol–water partition coefficient (Wildman–Crippen LogP) is 3.86. The van der Waals surface area contributed by atoms with Gasteiger partial charge in [-0.1, -0.05) is 18.2 Å². The Morgan fingerprint density at radius 1 is 1.19 bits per heavy atom. The Balaban J connectivity index is 1.63. The van der Waals surface area contributed by atoms with E-state index >= 15 is 0 Å². The van der Waals surface area contributed by atoms with Gasteiger partial charge in [0.1, 0.15) is 5.75 Å². The number of nitrogens with zero attached hydrogens (tertiary/aromatic N) is 1. The minimum Gasteiger partial charge on any atom is -0.493 e. The van der Waals surface area contributed by atoms with Crippen LogP contribution in [0.4, 0.5) is 0 Å². The largest absolute Gasteiger partial charge is 0.493 e. The van der Waals surface area contributed by atoms with Crippen LogP contribution < -0.4 is 4.74 Å². The molecule has 104 valence electrons. The van der Waals surface area contributed by atoms with E-state index in [0.717, 1.165) is 34.2 Å². The van der Waals surface area contributed by atoms with Crippen molar-refractivity contribution in [3.63, 3.8) is 0 Å². The molecule has 0 fully saturated rings. The molecule has 3 heteroatoms. The fourth-order valence-corrected chi connectivity index (χ4v) is 2.31. The average molecular weight is 277 g/mol.